The third kappa shape index (κ3) is 10.9. The van der Waals surface area contributed by atoms with Crippen molar-refractivity contribution in [2.45, 2.75) is 30.4 Å². The summed E-state index contributed by atoms with van der Waals surface area (Å²) in [5.74, 6) is 0. The standard InChI is InChI=1S/C59H36N4S.C56H33N3S/c1-2-15-39(16-3-1)56-45-31-32-49-58(55(45)44-19-6-9-24-50(44)63-56)64-57-41(20-14-23-48(57)59(49)46-21-7-4-17-42(46)43-18-5-8-22-47(43)59)38-29-27-37(28-30-38)40-35-53(51-25-10-12-33-60-51)62-54(36-40)52-26-11-13-34-61-52;1-3-14-34(15-4-1)47-32-28-36-26-27-37-29-33-49(59-53(37)52(36)57-47)41-21-13-24-45-54(41)60-55-46(56(45)43-22-10-7-18-38(43)39-19-8-11-23-44(39)56)31-30-42-50(55)40-20-9-12-25-48(40)58-51(42)35-16-5-2-6-17-35/h1-36H;1-33H. The molecule has 0 saturated heterocycles. The van der Waals surface area contributed by atoms with Gasteiger partial charge < -0.3 is 0 Å². The van der Waals surface area contributed by atoms with Gasteiger partial charge in [0, 0.05) is 97.3 Å². The van der Waals surface area contributed by atoms with E-state index in [1.54, 1.807) is 0 Å². The number of aromatic nitrogens is 7. The van der Waals surface area contributed by atoms with Crippen molar-refractivity contribution in [2.24, 2.45) is 0 Å². The fourth-order valence-electron chi connectivity index (χ4n) is 20.4. The summed E-state index contributed by atoms with van der Waals surface area (Å²) in [6.07, 6.45) is 3.63. The van der Waals surface area contributed by atoms with E-state index in [1.807, 2.05) is 78.4 Å². The summed E-state index contributed by atoms with van der Waals surface area (Å²) in [4.78, 5) is 40.9. The topological polar surface area (TPSA) is 90.2 Å². The number of pyridine rings is 7. The van der Waals surface area contributed by atoms with Crippen LogP contribution in [0.2, 0.25) is 0 Å². The Morgan fingerprint density at radius 1 is 0.194 bits per heavy atom. The Labute approximate surface area is 724 Å². The highest BCUT2D eigenvalue weighted by Gasteiger charge is 2.53. The Morgan fingerprint density at radius 3 is 1.04 bits per heavy atom. The average molecular weight is 1610 g/mol. The fourth-order valence-corrected chi connectivity index (χ4v) is 23.4. The van der Waals surface area contributed by atoms with Crippen molar-refractivity contribution in [1.82, 2.24) is 34.9 Å². The van der Waals surface area contributed by atoms with Gasteiger partial charge in [-0.05, 0) is 150 Å². The fraction of sp³-hybridized carbons (Fsp3) is 0.0174. The van der Waals surface area contributed by atoms with Gasteiger partial charge >= 0.3 is 0 Å². The van der Waals surface area contributed by atoms with Gasteiger partial charge in [0.05, 0.1) is 78.4 Å². The first-order valence-corrected chi connectivity index (χ1v) is 43.7. The zero-order valence-corrected chi connectivity index (χ0v) is 68.4. The number of hydrogen-bond acceptors (Lipinski definition) is 9. The Bertz CT molecular complexity index is 8020. The van der Waals surface area contributed by atoms with Crippen LogP contribution in [0.4, 0.5) is 0 Å². The summed E-state index contributed by atoms with van der Waals surface area (Å²) in [5, 5.41) is 9.25. The summed E-state index contributed by atoms with van der Waals surface area (Å²) in [6.45, 7) is 0. The van der Waals surface area contributed by atoms with Crippen LogP contribution in [0.3, 0.4) is 0 Å². The average Bonchev–Trinajstić information content (AvgIpc) is 1.52. The van der Waals surface area contributed by atoms with Crippen molar-refractivity contribution in [1.29, 1.82) is 0 Å². The van der Waals surface area contributed by atoms with Crippen LogP contribution >= 0.6 is 23.5 Å². The largest absolute Gasteiger partial charge is 0.255 e. The molecule has 0 atom stereocenters. The number of fused-ring (bicyclic) bond motifs is 29. The van der Waals surface area contributed by atoms with E-state index in [0.29, 0.717) is 0 Å². The first-order chi connectivity index (χ1) is 61.5. The van der Waals surface area contributed by atoms with Gasteiger partial charge in [-0.25, -0.2) is 24.9 Å². The molecule has 0 unspecified atom stereocenters. The minimum Gasteiger partial charge on any atom is -0.255 e. The molecule has 0 N–H and O–H groups in total. The highest BCUT2D eigenvalue weighted by atomic mass is 32.2. The maximum Gasteiger partial charge on any atom is 0.0972 e. The minimum atomic E-state index is -0.569. The Hall–Kier alpha value is -15.4. The molecule has 0 fully saturated rings. The van der Waals surface area contributed by atoms with Crippen LogP contribution in [0, 0.1) is 0 Å². The van der Waals surface area contributed by atoms with E-state index in [-0.39, 0.29) is 0 Å². The molecule has 2 aliphatic heterocycles. The van der Waals surface area contributed by atoms with Gasteiger partial charge in [-0.3, -0.25) is 9.97 Å². The van der Waals surface area contributed by atoms with Crippen molar-refractivity contribution < 1.29 is 0 Å². The molecule has 0 radical (unpaired) electrons. The third-order valence-corrected chi connectivity index (χ3v) is 28.3. The normalized spacial score (nSPS) is 13.2. The van der Waals surface area contributed by atoms with E-state index in [9.17, 15) is 0 Å². The molecule has 0 bridgehead atoms. The summed E-state index contributed by atoms with van der Waals surface area (Å²) < 4.78 is 0. The van der Waals surface area contributed by atoms with Crippen LogP contribution < -0.4 is 0 Å². The second kappa shape index (κ2) is 28.7. The molecule has 0 saturated carbocycles. The molecular formula is C115H69N7S2. The number of benzene rings is 15. The molecule has 7 aromatic heterocycles. The zero-order chi connectivity index (χ0) is 81.6. The van der Waals surface area contributed by atoms with E-state index in [0.717, 1.165) is 139 Å². The molecule has 0 amide bonds. The van der Waals surface area contributed by atoms with Gasteiger partial charge in [0.15, 0.2) is 0 Å². The lowest BCUT2D eigenvalue weighted by atomic mass is 9.66. The van der Waals surface area contributed by atoms with Crippen LogP contribution in [-0.2, 0) is 10.8 Å². The first kappa shape index (κ1) is 71.5. The SMILES string of the molecule is c1ccc(-c2ccc3ccc4ccc(-c5cccc6c5Sc5c(ccc7c(-c8ccccc8)nc8ccccc8c57)C65c6ccccc6-c6ccccc65)nc4c3n2)cc1.c1ccc(-c2nc3ccccc3c3c4c(ccc23)C2(c3ccccc3-c3ccccc32)c2cccc(-c3ccc(-c5cc(-c6ccccn6)nc(-c6ccccn6)c5)cc3)c2S4)cc1. The molecule has 9 heterocycles. The summed E-state index contributed by atoms with van der Waals surface area (Å²) in [5.41, 5.74) is 34.3. The molecule has 576 valence electrons. The lowest BCUT2D eigenvalue weighted by Gasteiger charge is -2.41. The maximum absolute atomic E-state index is 5.56. The smallest absolute Gasteiger partial charge is 0.0972 e. The van der Waals surface area contributed by atoms with Crippen molar-refractivity contribution in [3.05, 3.63) is 463 Å². The van der Waals surface area contributed by atoms with E-state index < -0.39 is 10.8 Å². The Morgan fingerprint density at radius 2 is 0.565 bits per heavy atom. The predicted molar refractivity (Wildman–Crippen MR) is 509 cm³/mol. The van der Waals surface area contributed by atoms with E-state index in [2.05, 4.69) is 374 Å². The van der Waals surface area contributed by atoms with E-state index in [4.69, 9.17) is 24.9 Å². The van der Waals surface area contributed by atoms with Gasteiger partial charge in [0.2, 0.25) is 0 Å². The lowest BCUT2D eigenvalue weighted by molar-refractivity contribution is 0.726. The van der Waals surface area contributed by atoms with Crippen LogP contribution in [0.1, 0.15) is 44.5 Å². The molecule has 9 heteroatoms. The number of rotatable bonds is 8. The highest BCUT2D eigenvalue weighted by Crippen LogP contribution is 2.67. The monoisotopic (exact) mass is 1610 g/mol. The molecule has 2 spiro atoms. The Balaban J connectivity index is 0.000000136. The molecule has 124 heavy (non-hydrogen) atoms. The lowest BCUT2D eigenvalue weighted by Crippen LogP contribution is -2.32. The number of nitrogens with zero attached hydrogens (tertiary/aromatic N) is 7. The van der Waals surface area contributed by atoms with E-state index >= 15 is 0 Å². The summed E-state index contributed by atoms with van der Waals surface area (Å²) in [7, 11) is 0. The van der Waals surface area contributed by atoms with Crippen LogP contribution in [0.15, 0.2) is 438 Å². The van der Waals surface area contributed by atoms with Crippen LogP contribution in [0.25, 0.3) is 177 Å². The highest BCUT2D eigenvalue weighted by molar-refractivity contribution is 8.00. The van der Waals surface area contributed by atoms with Gasteiger partial charge in [-0.1, -0.05) is 369 Å². The zero-order valence-electron chi connectivity index (χ0n) is 66.8. The molecular weight excluding hydrogens is 1540 g/mol. The van der Waals surface area contributed by atoms with Crippen LogP contribution in [0.5, 0.6) is 0 Å². The van der Waals surface area contributed by atoms with Crippen molar-refractivity contribution >= 4 is 88.7 Å². The first-order valence-electron chi connectivity index (χ1n) is 42.1. The quantitative estimate of drug-likeness (QED) is 0.138. The summed E-state index contributed by atoms with van der Waals surface area (Å²) in [6, 6.07) is 147. The number of para-hydroxylation sites is 2. The molecule has 26 rings (SSSR count). The second-order valence-corrected chi connectivity index (χ2v) is 34.3. The maximum atomic E-state index is 5.56. The molecule has 2 aliphatic carbocycles. The van der Waals surface area contributed by atoms with Gasteiger partial charge in [0.25, 0.3) is 0 Å². The third-order valence-electron chi connectivity index (χ3n) is 25.8. The van der Waals surface area contributed by atoms with Crippen molar-refractivity contribution in [3.63, 3.8) is 0 Å². The van der Waals surface area contributed by atoms with E-state index in [1.165, 1.54) is 103 Å². The molecule has 7 nitrogen and oxygen atoms in total. The Kier molecular flexibility index (Phi) is 16.5. The minimum absolute atomic E-state index is 0.550. The van der Waals surface area contributed by atoms with Crippen molar-refractivity contribution in [3.8, 4) is 112 Å². The van der Waals surface area contributed by atoms with Crippen LogP contribution in [-0.4, -0.2) is 34.9 Å². The van der Waals surface area contributed by atoms with Gasteiger partial charge in [0.1, 0.15) is 0 Å². The van der Waals surface area contributed by atoms with Gasteiger partial charge in [-0.2, -0.15) is 0 Å². The van der Waals surface area contributed by atoms with Crippen molar-refractivity contribution in [2.75, 3.05) is 0 Å². The number of hydrogen-bond donors (Lipinski definition) is 0. The molecule has 22 aromatic rings. The molecule has 15 aromatic carbocycles. The molecule has 4 aliphatic rings. The predicted octanol–water partition coefficient (Wildman–Crippen LogP) is 29.0. The summed E-state index contributed by atoms with van der Waals surface area (Å²) >= 11 is 3.80. The second-order valence-electron chi connectivity index (χ2n) is 32.3. The van der Waals surface area contributed by atoms with Gasteiger partial charge in [-0.15, -0.1) is 0 Å².